The van der Waals surface area contributed by atoms with E-state index >= 15 is 0 Å². The second-order valence-electron chi connectivity index (χ2n) is 12.0. The van der Waals surface area contributed by atoms with E-state index in [-0.39, 0.29) is 5.41 Å². The minimum absolute atomic E-state index is 0.0498. The predicted molar refractivity (Wildman–Crippen MR) is 212 cm³/mol. The number of anilines is 2. The molecule has 0 bridgehead atoms. The van der Waals surface area contributed by atoms with E-state index in [2.05, 4.69) is 115 Å². The fourth-order valence-electron chi connectivity index (χ4n) is 4.50. The van der Waals surface area contributed by atoms with Crippen LogP contribution < -0.4 is 26.6 Å². The molecular weight excluding hydrogens is 608 g/mol. The maximum absolute atomic E-state index is 6.27. The highest BCUT2D eigenvalue weighted by Crippen LogP contribution is 2.34. The van der Waals surface area contributed by atoms with Gasteiger partial charge in [0.05, 0.1) is 11.4 Å². The minimum atomic E-state index is -0.0498. The van der Waals surface area contributed by atoms with E-state index < -0.39 is 0 Å². The van der Waals surface area contributed by atoms with Gasteiger partial charge in [-0.25, -0.2) is 4.98 Å². The zero-order valence-electron chi connectivity index (χ0n) is 31.5. The Kier molecular flexibility index (Phi) is 19.7. The van der Waals surface area contributed by atoms with Crippen LogP contribution in [0.25, 0.3) is 10.8 Å². The number of benzene rings is 2. The number of ether oxygens (including phenoxy) is 2. The quantitative estimate of drug-likeness (QED) is 0.0858. The third kappa shape index (κ3) is 14.2. The van der Waals surface area contributed by atoms with Gasteiger partial charge in [-0.3, -0.25) is 0 Å². The van der Waals surface area contributed by atoms with Gasteiger partial charge in [-0.05, 0) is 59.6 Å². The van der Waals surface area contributed by atoms with Crippen molar-refractivity contribution in [3.63, 3.8) is 0 Å². The average molecular weight is 669 g/mol. The monoisotopic (exact) mass is 668 g/mol. The van der Waals surface area contributed by atoms with Gasteiger partial charge >= 0.3 is 0 Å². The van der Waals surface area contributed by atoms with Crippen LogP contribution in [-0.4, -0.2) is 37.3 Å². The molecule has 2 aromatic carbocycles. The Morgan fingerprint density at radius 3 is 2.29 bits per heavy atom. The van der Waals surface area contributed by atoms with Gasteiger partial charge in [0.15, 0.2) is 0 Å². The second kappa shape index (κ2) is 22.8. The van der Waals surface area contributed by atoms with Crippen LogP contribution in [0.2, 0.25) is 0 Å². The molecule has 0 saturated heterocycles. The smallest absolute Gasteiger partial charge is 0.226 e. The second-order valence-corrected chi connectivity index (χ2v) is 12.0. The molecule has 1 aliphatic rings. The molecule has 0 aliphatic heterocycles. The van der Waals surface area contributed by atoms with E-state index in [1.807, 2.05) is 51.1 Å². The van der Waals surface area contributed by atoms with Crippen molar-refractivity contribution in [2.24, 2.45) is 17.1 Å². The lowest BCUT2D eigenvalue weighted by Crippen LogP contribution is -2.23. The maximum atomic E-state index is 6.27. The van der Waals surface area contributed by atoms with Crippen LogP contribution in [0.4, 0.5) is 11.6 Å². The van der Waals surface area contributed by atoms with Gasteiger partial charge in [0.1, 0.15) is 5.75 Å². The first kappa shape index (κ1) is 42.4. The van der Waals surface area contributed by atoms with Crippen molar-refractivity contribution in [3.05, 3.63) is 121 Å². The van der Waals surface area contributed by atoms with Gasteiger partial charge < -0.3 is 31.4 Å². The molecule has 1 aromatic heterocycles. The Hall–Kier alpha value is -4.66. The molecule has 1 unspecified atom stereocenters. The largest absolute Gasteiger partial charge is 0.438 e. The fourth-order valence-corrected chi connectivity index (χ4v) is 4.50. The molecule has 3 aromatic rings. The van der Waals surface area contributed by atoms with Crippen LogP contribution in [0, 0.1) is 11.3 Å². The summed E-state index contributed by atoms with van der Waals surface area (Å²) in [5.74, 6) is 2.14. The van der Waals surface area contributed by atoms with Crippen molar-refractivity contribution in [3.8, 4) is 11.6 Å². The maximum Gasteiger partial charge on any atom is 0.226 e. The molecule has 0 spiro atoms. The number of nitrogens with two attached hydrogens (primary N) is 1. The van der Waals surface area contributed by atoms with Crippen molar-refractivity contribution in [2.75, 3.05) is 38.1 Å². The Morgan fingerprint density at radius 2 is 1.71 bits per heavy atom. The lowest BCUT2D eigenvalue weighted by Gasteiger charge is -2.23. The normalized spacial score (nSPS) is 13.8. The summed E-state index contributed by atoms with van der Waals surface area (Å²) in [6.45, 7) is 25.5. The summed E-state index contributed by atoms with van der Waals surface area (Å²) in [6, 6.07) is 13.8. The topological polar surface area (TPSA) is 106 Å². The SMILES string of the molecule is C=C(CC)/C(=C\C(=C/CN)C(C)(C)C)NNc1ccc(Oc2ccnc(NCC3=CC=CC3C)n2)c2ccccc12.C=CC.CC.COC. The molecule has 4 rings (SSSR count). The number of methoxy groups -OCH3 is 1. The van der Waals surface area contributed by atoms with Crippen LogP contribution in [0.1, 0.15) is 61.8 Å². The van der Waals surface area contributed by atoms with Crippen LogP contribution in [0.5, 0.6) is 11.6 Å². The van der Waals surface area contributed by atoms with Gasteiger partial charge in [0, 0.05) is 50.3 Å². The van der Waals surface area contributed by atoms with E-state index in [1.165, 1.54) is 5.57 Å². The molecule has 5 N–H and O–H groups in total. The van der Waals surface area contributed by atoms with Gasteiger partial charge in [-0.2, -0.15) is 4.98 Å². The van der Waals surface area contributed by atoms with E-state index in [9.17, 15) is 0 Å². The third-order valence-corrected chi connectivity index (χ3v) is 7.12. The Balaban J connectivity index is 0.00000137. The van der Waals surface area contributed by atoms with Crippen LogP contribution >= 0.6 is 0 Å². The number of hydrogen-bond acceptors (Lipinski definition) is 8. The lowest BCUT2D eigenvalue weighted by molar-refractivity contribution is 0.277. The molecule has 0 fully saturated rings. The van der Waals surface area contributed by atoms with E-state index in [1.54, 1.807) is 32.6 Å². The summed E-state index contributed by atoms with van der Waals surface area (Å²) in [6.07, 6.45) is 14.9. The fraction of sp³-hybridized carbons (Fsp3) is 0.366. The summed E-state index contributed by atoms with van der Waals surface area (Å²) in [7, 11) is 3.25. The molecule has 8 nitrogen and oxygen atoms in total. The van der Waals surface area contributed by atoms with Crippen molar-refractivity contribution < 1.29 is 9.47 Å². The summed E-state index contributed by atoms with van der Waals surface area (Å²) in [5.41, 5.74) is 17.9. The molecule has 1 atom stereocenters. The number of rotatable bonds is 12. The predicted octanol–water partition coefficient (Wildman–Crippen LogP) is 10.1. The van der Waals surface area contributed by atoms with Crippen molar-refractivity contribution in [2.45, 2.75) is 61.8 Å². The van der Waals surface area contributed by atoms with E-state index in [4.69, 9.17) is 10.5 Å². The first-order chi connectivity index (χ1) is 23.5. The Bertz CT molecular complexity index is 1580. The van der Waals surface area contributed by atoms with Gasteiger partial charge in [-0.1, -0.05) is 110 Å². The highest BCUT2D eigenvalue weighted by atomic mass is 16.5. The number of aromatic nitrogens is 2. The number of allylic oxidation sites excluding steroid dienone is 7. The van der Waals surface area contributed by atoms with Crippen LogP contribution in [-0.2, 0) is 4.74 Å². The van der Waals surface area contributed by atoms with Gasteiger partial charge in [0.2, 0.25) is 11.8 Å². The van der Waals surface area contributed by atoms with Crippen molar-refractivity contribution in [1.82, 2.24) is 15.4 Å². The minimum Gasteiger partial charge on any atom is -0.438 e. The van der Waals surface area contributed by atoms with Crippen molar-refractivity contribution >= 4 is 22.4 Å². The molecule has 49 heavy (non-hydrogen) atoms. The molecule has 1 heterocycles. The number of hydrogen-bond donors (Lipinski definition) is 4. The summed E-state index contributed by atoms with van der Waals surface area (Å²) >= 11 is 0. The Morgan fingerprint density at radius 1 is 1.06 bits per heavy atom. The highest BCUT2D eigenvalue weighted by molar-refractivity contribution is 5.98. The standard InChI is InChI=1S/C34H42N6O.C3H6.C2H6O.C2H6/c1-7-23(2)30(21-26(17-19-35)34(4,5)6)40-39-29-15-16-31(28-14-9-8-13-27(28)29)41-32-18-20-36-33(38-32)37-22-25-12-10-11-24(25)3;2*1-3-2;1-2/h8-18,20-21,24,39-40H,2,7,19,22,35H2,1,3-6H3,(H,36,37,38);3H,1H2,2H3;1-2H3;1-2H3/b26-17+,30-21+;;;. The molecular formula is C41H60N6O2. The first-order valence-corrected chi connectivity index (χ1v) is 17.0. The Labute approximate surface area is 296 Å². The van der Waals surface area contributed by atoms with E-state index in [0.29, 0.717) is 36.6 Å². The zero-order valence-corrected chi connectivity index (χ0v) is 31.5. The van der Waals surface area contributed by atoms with Gasteiger partial charge in [-0.15, -0.1) is 6.58 Å². The summed E-state index contributed by atoms with van der Waals surface area (Å²) < 4.78 is 10.5. The molecule has 266 valence electrons. The van der Waals surface area contributed by atoms with Crippen molar-refractivity contribution in [1.29, 1.82) is 0 Å². The average Bonchev–Trinajstić information content (AvgIpc) is 3.51. The number of nitrogens with one attached hydrogen (secondary N) is 3. The summed E-state index contributed by atoms with van der Waals surface area (Å²) in [5, 5.41) is 5.28. The molecule has 0 radical (unpaired) electrons. The lowest BCUT2D eigenvalue weighted by atomic mass is 9.85. The summed E-state index contributed by atoms with van der Waals surface area (Å²) in [4.78, 5) is 8.94. The van der Waals surface area contributed by atoms with Crippen LogP contribution in [0.3, 0.4) is 0 Å². The third-order valence-electron chi connectivity index (χ3n) is 7.12. The molecule has 8 heteroatoms. The first-order valence-electron chi connectivity index (χ1n) is 17.0. The molecule has 0 saturated carbocycles. The van der Waals surface area contributed by atoms with Gasteiger partial charge in [0.25, 0.3) is 0 Å². The number of nitrogens with zero attached hydrogens (tertiary/aromatic N) is 2. The number of hydrazine groups is 1. The zero-order chi connectivity index (χ0) is 36.8. The molecule has 1 aliphatic carbocycles. The van der Waals surface area contributed by atoms with Crippen LogP contribution in [0.15, 0.2) is 121 Å². The van der Waals surface area contributed by atoms with E-state index in [0.717, 1.165) is 39.7 Å². The number of fused-ring (bicyclic) bond motifs is 1. The molecule has 0 amide bonds. The highest BCUT2D eigenvalue weighted by Gasteiger charge is 2.17.